The lowest BCUT2D eigenvalue weighted by molar-refractivity contribution is -0.133. The molecular weight excluding hydrogens is 481 g/mol. The van der Waals surface area contributed by atoms with Gasteiger partial charge in [-0.25, -0.2) is 12.8 Å². The number of carbonyl (C=O) groups excluding carboxylic acids is 1. The molecule has 1 aliphatic rings. The molecule has 0 spiro atoms. The third kappa shape index (κ3) is 5.78. The smallest absolute Gasteiger partial charge is 0.261 e. The molecule has 1 heterocycles. The lowest BCUT2D eigenvalue weighted by Crippen LogP contribution is -2.50. The van der Waals surface area contributed by atoms with Gasteiger partial charge in [0, 0.05) is 37.6 Å². The van der Waals surface area contributed by atoms with Crippen LogP contribution < -0.4 is 14.4 Å². The van der Waals surface area contributed by atoms with E-state index in [0.717, 1.165) is 5.69 Å². The Kier molecular flexibility index (Phi) is 7.23. The lowest BCUT2D eigenvalue weighted by Gasteiger charge is -2.36. The Morgan fingerprint density at radius 1 is 0.971 bits per heavy atom. The predicted octanol–water partition coefficient (Wildman–Crippen LogP) is 4.01. The minimum atomic E-state index is -3.82. The number of rotatable bonds is 7. The molecule has 1 fully saturated rings. The van der Waals surface area contributed by atoms with Crippen LogP contribution in [0.25, 0.3) is 0 Å². The number of amides is 1. The molecule has 4 rings (SSSR count). The summed E-state index contributed by atoms with van der Waals surface area (Å²) in [4.78, 5) is 16.3. The Labute approximate surface area is 202 Å². The number of nitrogens with one attached hydrogen (secondary N) is 1. The maximum atomic E-state index is 13.1. The van der Waals surface area contributed by atoms with E-state index in [9.17, 15) is 17.6 Å². The quantitative estimate of drug-likeness (QED) is 0.527. The number of carbonyl (C=O) groups is 1. The summed E-state index contributed by atoms with van der Waals surface area (Å²) in [6, 6.07) is 18.9. The average Bonchev–Trinajstić information content (AvgIpc) is 2.84. The summed E-state index contributed by atoms with van der Waals surface area (Å²) in [6.45, 7) is 2.05. The van der Waals surface area contributed by atoms with Gasteiger partial charge in [0.1, 0.15) is 11.6 Å². The van der Waals surface area contributed by atoms with E-state index in [0.29, 0.717) is 31.9 Å². The molecule has 7 nitrogen and oxygen atoms in total. The monoisotopic (exact) mass is 503 g/mol. The molecule has 0 aromatic heterocycles. The molecule has 0 bridgehead atoms. The normalized spacial score (nSPS) is 14.1. The molecule has 3 aromatic carbocycles. The van der Waals surface area contributed by atoms with Crippen LogP contribution in [-0.2, 0) is 14.8 Å². The minimum Gasteiger partial charge on any atom is -0.482 e. The van der Waals surface area contributed by atoms with E-state index in [2.05, 4.69) is 9.62 Å². The summed E-state index contributed by atoms with van der Waals surface area (Å²) in [6.07, 6.45) is 0. The summed E-state index contributed by atoms with van der Waals surface area (Å²) in [5, 5.41) is 0.0878. The van der Waals surface area contributed by atoms with Gasteiger partial charge in [-0.15, -0.1) is 0 Å². The molecule has 34 heavy (non-hydrogen) atoms. The maximum absolute atomic E-state index is 13.1. The predicted molar refractivity (Wildman–Crippen MR) is 129 cm³/mol. The van der Waals surface area contributed by atoms with Crippen molar-refractivity contribution in [3.8, 4) is 5.75 Å². The van der Waals surface area contributed by atoms with Crippen molar-refractivity contribution in [2.75, 3.05) is 42.4 Å². The van der Waals surface area contributed by atoms with Gasteiger partial charge in [-0.3, -0.25) is 9.52 Å². The van der Waals surface area contributed by atoms with Crippen molar-refractivity contribution in [2.45, 2.75) is 4.90 Å². The van der Waals surface area contributed by atoms with Crippen LogP contribution in [0.3, 0.4) is 0 Å². The van der Waals surface area contributed by atoms with E-state index in [1.54, 1.807) is 47.4 Å². The fourth-order valence-electron chi connectivity index (χ4n) is 3.58. The highest BCUT2D eigenvalue weighted by Gasteiger charge is 2.22. The Bertz CT molecular complexity index is 1250. The summed E-state index contributed by atoms with van der Waals surface area (Å²) in [5.41, 5.74) is 1.34. The molecule has 0 saturated carbocycles. The highest BCUT2D eigenvalue weighted by molar-refractivity contribution is 7.92. The number of piperazine rings is 1. The fraction of sp³-hybridized carbons (Fsp3) is 0.208. The van der Waals surface area contributed by atoms with Crippen molar-refractivity contribution < 1.29 is 22.3 Å². The molecule has 1 aliphatic heterocycles. The summed E-state index contributed by atoms with van der Waals surface area (Å²) in [5.74, 6) is -0.262. The summed E-state index contributed by atoms with van der Waals surface area (Å²) >= 11 is 6.23. The number of hydrogen-bond donors (Lipinski definition) is 1. The highest BCUT2D eigenvalue weighted by atomic mass is 35.5. The van der Waals surface area contributed by atoms with Crippen LogP contribution in [0.4, 0.5) is 15.8 Å². The Hall–Kier alpha value is -3.30. The van der Waals surface area contributed by atoms with Gasteiger partial charge in [-0.2, -0.15) is 0 Å². The number of halogens is 2. The van der Waals surface area contributed by atoms with E-state index >= 15 is 0 Å². The van der Waals surface area contributed by atoms with Gasteiger partial charge in [0.25, 0.3) is 15.9 Å². The first-order chi connectivity index (χ1) is 16.3. The fourth-order valence-corrected chi connectivity index (χ4v) is 4.97. The van der Waals surface area contributed by atoms with E-state index < -0.39 is 10.0 Å². The molecule has 0 radical (unpaired) electrons. The number of anilines is 2. The van der Waals surface area contributed by atoms with Gasteiger partial charge in [-0.05, 0) is 54.6 Å². The SMILES string of the molecule is O=C(COc1ccc(S(=O)(=O)Nc2ccccc2)cc1Cl)N1CCN(c2ccc(F)cc2)CC1. The molecule has 1 saturated heterocycles. The van der Waals surface area contributed by atoms with Gasteiger partial charge in [-0.1, -0.05) is 29.8 Å². The van der Waals surface area contributed by atoms with Crippen LogP contribution in [0, 0.1) is 5.82 Å². The molecule has 178 valence electrons. The molecule has 3 aromatic rings. The zero-order valence-electron chi connectivity index (χ0n) is 18.2. The van der Waals surface area contributed by atoms with E-state index in [1.165, 1.54) is 30.3 Å². The molecule has 0 atom stereocenters. The minimum absolute atomic E-state index is 0.0167. The van der Waals surface area contributed by atoms with Crippen LogP contribution in [-0.4, -0.2) is 52.0 Å². The molecule has 0 unspecified atom stereocenters. The third-order valence-corrected chi connectivity index (χ3v) is 7.09. The van der Waals surface area contributed by atoms with Gasteiger partial charge < -0.3 is 14.5 Å². The number of para-hydroxylation sites is 1. The van der Waals surface area contributed by atoms with Crippen molar-refractivity contribution in [3.05, 3.63) is 83.6 Å². The van der Waals surface area contributed by atoms with Gasteiger partial charge >= 0.3 is 0 Å². The van der Waals surface area contributed by atoms with Crippen LogP contribution >= 0.6 is 11.6 Å². The average molecular weight is 504 g/mol. The summed E-state index contributed by atoms with van der Waals surface area (Å²) < 4.78 is 46.3. The second-order valence-corrected chi connectivity index (χ2v) is 9.79. The van der Waals surface area contributed by atoms with Crippen LogP contribution in [0.1, 0.15) is 0 Å². The Morgan fingerprint density at radius 2 is 1.65 bits per heavy atom. The number of sulfonamides is 1. The number of hydrogen-bond acceptors (Lipinski definition) is 5. The van der Waals surface area contributed by atoms with E-state index in [1.807, 2.05) is 0 Å². The first-order valence-electron chi connectivity index (χ1n) is 10.6. The number of nitrogens with zero attached hydrogens (tertiary/aromatic N) is 2. The Balaban J connectivity index is 1.31. The molecule has 1 amide bonds. The Morgan fingerprint density at radius 3 is 2.29 bits per heavy atom. The second kappa shape index (κ2) is 10.3. The molecular formula is C24H23ClFN3O4S. The zero-order valence-corrected chi connectivity index (χ0v) is 19.7. The number of ether oxygens (including phenoxy) is 1. The summed E-state index contributed by atoms with van der Waals surface area (Å²) in [7, 11) is -3.82. The first-order valence-corrected chi connectivity index (χ1v) is 12.5. The topological polar surface area (TPSA) is 78.9 Å². The maximum Gasteiger partial charge on any atom is 0.261 e. The molecule has 0 aliphatic carbocycles. The van der Waals surface area contributed by atoms with E-state index in [-0.39, 0.29) is 34.0 Å². The van der Waals surface area contributed by atoms with Crippen molar-refractivity contribution in [3.63, 3.8) is 0 Å². The second-order valence-electron chi connectivity index (χ2n) is 7.70. The molecule has 10 heteroatoms. The molecule has 1 N–H and O–H groups in total. The van der Waals surface area contributed by atoms with E-state index in [4.69, 9.17) is 16.3 Å². The van der Waals surface area contributed by atoms with Gasteiger partial charge in [0.15, 0.2) is 6.61 Å². The van der Waals surface area contributed by atoms with Crippen molar-refractivity contribution in [1.29, 1.82) is 0 Å². The van der Waals surface area contributed by atoms with Crippen molar-refractivity contribution >= 4 is 38.9 Å². The van der Waals surface area contributed by atoms with Crippen LogP contribution in [0.15, 0.2) is 77.7 Å². The number of benzene rings is 3. The standard InChI is InChI=1S/C24H23ClFN3O4S/c25-22-16-21(34(31,32)27-19-4-2-1-3-5-19)10-11-23(22)33-17-24(30)29-14-12-28(13-15-29)20-8-6-18(26)7-9-20/h1-11,16,27H,12-15,17H2. The van der Waals surface area contributed by atoms with Crippen LogP contribution in [0.2, 0.25) is 5.02 Å². The van der Waals surface area contributed by atoms with Crippen molar-refractivity contribution in [2.24, 2.45) is 0 Å². The first kappa shape index (κ1) is 23.8. The largest absolute Gasteiger partial charge is 0.482 e. The lowest BCUT2D eigenvalue weighted by atomic mass is 10.2. The zero-order chi connectivity index (χ0) is 24.1. The third-order valence-electron chi connectivity index (χ3n) is 5.41. The van der Waals surface area contributed by atoms with Gasteiger partial charge in [0.05, 0.1) is 9.92 Å². The van der Waals surface area contributed by atoms with Crippen LogP contribution in [0.5, 0.6) is 5.75 Å². The van der Waals surface area contributed by atoms with Crippen molar-refractivity contribution in [1.82, 2.24) is 4.90 Å². The highest BCUT2D eigenvalue weighted by Crippen LogP contribution is 2.28. The van der Waals surface area contributed by atoms with Gasteiger partial charge in [0.2, 0.25) is 0 Å².